The molecule has 2 rings (SSSR count). The van der Waals surface area contributed by atoms with E-state index in [-0.39, 0.29) is 12.2 Å². The fourth-order valence-electron chi connectivity index (χ4n) is 1.49. The van der Waals surface area contributed by atoms with Crippen molar-refractivity contribution in [3.63, 3.8) is 0 Å². The van der Waals surface area contributed by atoms with Gasteiger partial charge in [-0.05, 0) is 34.1 Å². The van der Waals surface area contributed by atoms with Crippen molar-refractivity contribution in [3.05, 3.63) is 58.1 Å². The zero-order valence-electron chi connectivity index (χ0n) is 9.29. The summed E-state index contributed by atoms with van der Waals surface area (Å²) in [5.41, 5.74) is 6.31. The van der Waals surface area contributed by atoms with Gasteiger partial charge in [-0.25, -0.2) is 8.78 Å². The van der Waals surface area contributed by atoms with E-state index >= 15 is 0 Å². The van der Waals surface area contributed by atoms with Crippen LogP contribution in [-0.4, -0.2) is 0 Å². The number of rotatable bonds is 3. The predicted molar refractivity (Wildman–Crippen MR) is 69.2 cm³/mol. The summed E-state index contributed by atoms with van der Waals surface area (Å²) in [7, 11) is 0. The fourth-order valence-corrected chi connectivity index (χ4v) is 1.98. The van der Waals surface area contributed by atoms with Gasteiger partial charge >= 0.3 is 0 Å². The lowest BCUT2D eigenvalue weighted by molar-refractivity contribution is 0.297. The number of nitrogens with two attached hydrogens (primary N) is 1. The van der Waals surface area contributed by atoms with Crippen LogP contribution in [0.5, 0.6) is 5.75 Å². The highest BCUT2D eigenvalue weighted by Gasteiger charge is 2.10. The number of benzene rings is 2. The molecule has 2 aromatic rings. The van der Waals surface area contributed by atoms with Gasteiger partial charge in [-0.1, -0.05) is 18.2 Å². The number of nitrogen functional groups attached to an aromatic ring is 1. The Labute approximate surface area is 112 Å². The van der Waals surface area contributed by atoms with Crippen LogP contribution in [0, 0.1) is 11.6 Å². The van der Waals surface area contributed by atoms with Crippen LogP contribution in [-0.2, 0) is 6.61 Å². The molecule has 2 aromatic carbocycles. The second-order valence-corrected chi connectivity index (χ2v) is 4.51. The van der Waals surface area contributed by atoms with Crippen molar-refractivity contribution < 1.29 is 13.5 Å². The standard InChI is InChI=1S/C13H10BrF2NO/c14-9-4-2-6-11(17)13(9)18-7-8-3-1-5-10(15)12(8)16/h1-6H,7,17H2. The molecule has 0 amide bonds. The minimum absolute atomic E-state index is 0.0869. The smallest absolute Gasteiger partial charge is 0.165 e. The highest BCUT2D eigenvalue weighted by Crippen LogP contribution is 2.31. The molecule has 0 aliphatic heterocycles. The third kappa shape index (κ3) is 2.61. The van der Waals surface area contributed by atoms with Crippen LogP contribution < -0.4 is 10.5 Å². The normalized spacial score (nSPS) is 10.4. The van der Waals surface area contributed by atoms with Gasteiger partial charge in [0.25, 0.3) is 0 Å². The molecular weight excluding hydrogens is 304 g/mol. The molecule has 0 aromatic heterocycles. The van der Waals surface area contributed by atoms with Gasteiger partial charge in [-0.15, -0.1) is 0 Å². The van der Waals surface area contributed by atoms with Crippen LogP contribution in [0.15, 0.2) is 40.9 Å². The third-order valence-corrected chi connectivity index (χ3v) is 3.03. The Bertz CT molecular complexity index is 555. The second kappa shape index (κ2) is 5.35. The predicted octanol–water partition coefficient (Wildman–Crippen LogP) is 3.89. The summed E-state index contributed by atoms with van der Waals surface area (Å²) in [5.74, 6) is -1.37. The summed E-state index contributed by atoms with van der Waals surface area (Å²) < 4.78 is 32.5. The molecule has 0 saturated carbocycles. The van der Waals surface area contributed by atoms with E-state index in [1.807, 2.05) is 0 Å². The fraction of sp³-hybridized carbons (Fsp3) is 0.0769. The molecule has 5 heteroatoms. The lowest BCUT2D eigenvalue weighted by atomic mass is 10.2. The molecule has 0 fully saturated rings. The summed E-state index contributed by atoms with van der Waals surface area (Å²) in [4.78, 5) is 0. The first-order valence-electron chi connectivity index (χ1n) is 5.19. The highest BCUT2D eigenvalue weighted by molar-refractivity contribution is 9.10. The Morgan fingerprint density at radius 1 is 1.11 bits per heavy atom. The van der Waals surface area contributed by atoms with Crippen LogP contribution in [0.25, 0.3) is 0 Å². The maximum atomic E-state index is 13.4. The first kappa shape index (κ1) is 12.8. The molecule has 0 spiro atoms. The quantitative estimate of drug-likeness (QED) is 0.873. The Morgan fingerprint density at radius 3 is 2.56 bits per heavy atom. The Balaban J connectivity index is 2.19. The minimum atomic E-state index is -0.900. The summed E-state index contributed by atoms with van der Waals surface area (Å²) in [5, 5.41) is 0. The summed E-state index contributed by atoms with van der Waals surface area (Å²) in [6.45, 7) is -0.0869. The van der Waals surface area contributed by atoms with E-state index in [2.05, 4.69) is 15.9 Å². The van der Waals surface area contributed by atoms with E-state index in [1.54, 1.807) is 18.2 Å². The molecule has 0 aliphatic rings. The monoisotopic (exact) mass is 313 g/mol. The van der Waals surface area contributed by atoms with E-state index in [0.29, 0.717) is 15.9 Å². The van der Waals surface area contributed by atoms with E-state index < -0.39 is 11.6 Å². The lowest BCUT2D eigenvalue weighted by Crippen LogP contribution is -2.02. The molecular formula is C13H10BrF2NO. The van der Waals surface area contributed by atoms with Gasteiger partial charge in [0.05, 0.1) is 10.2 Å². The Kier molecular flexibility index (Phi) is 3.81. The van der Waals surface area contributed by atoms with E-state index in [1.165, 1.54) is 12.1 Å². The maximum Gasteiger partial charge on any atom is 0.165 e. The lowest BCUT2D eigenvalue weighted by Gasteiger charge is -2.11. The van der Waals surface area contributed by atoms with Crippen LogP contribution in [0.1, 0.15) is 5.56 Å². The van der Waals surface area contributed by atoms with Gasteiger partial charge in [-0.3, -0.25) is 0 Å². The van der Waals surface area contributed by atoms with Crippen molar-refractivity contribution in [2.24, 2.45) is 0 Å². The molecule has 0 radical (unpaired) electrons. The first-order valence-corrected chi connectivity index (χ1v) is 5.98. The number of halogens is 3. The summed E-state index contributed by atoms with van der Waals surface area (Å²) >= 11 is 3.28. The van der Waals surface area contributed by atoms with Crippen LogP contribution >= 0.6 is 15.9 Å². The van der Waals surface area contributed by atoms with Crippen molar-refractivity contribution >= 4 is 21.6 Å². The van der Waals surface area contributed by atoms with Crippen molar-refractivity contribution in [3.8, 4) is 5.75 Å². The van der Waals surface area contributed by atoms with Crippen LogP contribution in [0.3, 0.4) is 0 Å². The van der Waals surface area contributed by atoms with E-state index in [9.17, 15) is 8.78 Å². The van der Waals surface area contributed by atoms with Gasteiger partial charge in [0, 0.05) is 5.56 Å². The number of hydrogen-bond donors (Lipinski definition) is 1. The van der Waals surface area contributed by atoms with Crippen molar-refractivity contribution in [1.29, 1.82) is 0 Å². The largest absolute Gasteiger partial charge is 0.485 e. The minimum Gasteiger partial charge on any atom is -0.485 e. The van der Waals surface area contributed by atoms with Gasteiger partial charge < -0.3 is 10.5 Å². The van der Waals surface area contributed by atoms with Gasteiger partial charge in [0.1, 0.15) is 6.61 Å². The zero-order chi connectivity index (χ0) is 13.1. The van der Waals surface area contributed by atoms with Crippen molar-refractivity contribution in [1.82, 2.24) is 0 Å². The average Bonchev–Trinajstić information content (AvgIpc) is 2.33. The third-order valence-electron chi connectivity index (χ3n) is 2.40. The number of para-hydroxylation sites is 1. The van der Waals surface area contributed by atoms with E-state index in [0.717, 1.165) is 6.07 Å². The number of hydrogen-bond acceptors (Lipinski definition) is 2. The molecule has 18 heavy (non-hydrogen) atoms. The topological polar surface area (TPSA) is 35.2 Å². The molecule has 2 N–H and O–H groups in total. The highest BCUT2D eigenvalue weighted by atomic mass is 79.9. The van der Waals surface area contributed by atoms with Crippen LogP contribution in [0.4, 0.5) is 14.5 Å². The van der Waals surface area contributed by atoms with Crippen LogP contribution in [0.2, 0.25) is 0 Å². The van der Waals surface area contributed by atoms with Gasteiger partial charge in [0.15, 0.2) is 17.4 Å². The number of anilines is 1. The maximum absolute atomic E-state index is 13.4. The zero-order valence-corrected chi connectivity index (χ0v) is 10.9. The molecule has 2 nitrogen and oxygen atoms in total. The molecule has 0 atom stereocenters. The second-order valence-electron chi connectivity index (χ2n) is 3.66. The van der Waals surface area contributed by atoms with Gasteiger partial charge in [-0.2, -0.15) is 0 Å². The summed E-state index contributed by atoms with van der Waals surface area (Å²) in [6, 6.07) is 9.14. The SMILES string of the molecule is Nc1cccc(Br)c1OCc1cccc(F)c1F. The Morgan fingerprint density at radius 2 is 1.83 bits per heavy atom. The van der Waals surface area contributed by atoms with E-state index in [4.69, 9.17) is 10.5 Å². The molecule has 0 aliphatic carbocycles. The average molecular weight is 314 g/mol. The molecule has 94 valence electrons. The van der Waals surface area contributed by atoms with Crippen molar-refractivity contribution in [2.75, 3.05) is 5.73 Å². The molecule has 0 unspecified atom stereocenters. The molecule has 0 bridgehead atoms. The number of ether oxygens (including phenoxy) is 1. The Hall–Kier alpha value is -1.62. The molecule has 0 saturated heterocycles. The first-order chi connectivity index (χ1) is 8.59. The van der Waals surface area contributed by atoms with Gasteiger partial charge in [0.2, 0.25) is 0 Å². The molecule has 0 heterocycles. The summed E-state index contributed by atoms with van der Waals surface area (Å²) in [6.07, 6.45) is 0. The van der Waals surface area contributed by atoms with Crippen molar-refractivity contribution in [2.45, 2.75) is 6.61 Å².